The fourth-order valence-corrected chi connectivity index (χ4v) is 6.31. The average molecular weight is 567 g/mol. The van der Waals surface area contributed by atoms with Crippen LogP contribution in [0.2, 0.25) is 0 Å². The molecule has 0 fully saturated rings. The van der Waals surface area contributed by atoms with Crippen LogP contribution in [0.1, 0.15) is 62.2 Å². The molecule has 0 aliphatic carbocycles. The van der Waals surface area contributed by atoms with Crippen molar-refractivity contribution in [1.29, 1.82) is 10.5 Å². The van der Waals surface area contributed by atoms with Crippen LogP contribution in [0.5, 0.6) is 5.88 Å². The lowest BCUT2D eigenvalue weighted by Gasteiger charge is -2.27. The predicted octanol–water partition coefficient (Wildman–Crippen LogP) is 5.78. The van der Waals surface area contributed by atoms with Crippen LogP contribution in [-0.2, 0) is 16.3 Å². The van der Waals surface area contributed by atoms with Crippen molar-refractivity contribution >= 4 is 9.84 Å². The van der Waals surface area contributed by atoms with Gasteiger partial charge in [-0.3, -0.25) is 9.36 Å². The summed E-state index contributed by atoms with van der Waals surface area (Å²) in [6.45, 7) is 5.79. The largest absolute Gasteiger partial charge is 0.492 e. The Hall–Kier alpha value is -4.73. The topological polar surface area (TPSA) is 137 Å². The number of aryl methyl sites for hydroxylation is 1. The van der Waals surface area contributed by atoms with E-state index in [1.54, 1.807) is 60.7 Å². The van der Waals surface area contributed by atoms with E-state index < -0.39 is 32.2 Å². The van der Waals surface area contributed by atoms with Gasteiger partial charge in [-0.15, -0.1) is 0 Å². The van der Waals surface area contributed by atoms with Crippen molar-refractivity contribution in [3.05, 3.63) is 106 Å². The highest BCUT2D eigenvalue weighted by atomic mass is 32.2. The molecule has 0 radical (unpaired) electrons. The first-order valence-electron chi connectivity index (χ1n) is 13.3. The van der Waals surface area contributed by atoms with Gasteiger partial charge in [-0.2, -0.15) is 15.5 Å². The third kappa shape index (κ3) is 5.77. The highest BCUT2D eigenvalue weighted by Gasteiger charge is 2.33. The van der Waals surface area contributed by atoms with Crippen LogP contribution in [0.4, 0.5) is 0 Å². The molecule has 0 amide bonds. The molecule has 1 atom stereocenters. The molecule has 41 heavy (non-hydrogen) atoms. The van der Waals surface area contributed by atoms with Gasteiger partial charge in [0.2, 0.25) is 15.7 Å². The molecule has 208 valence electrons. The molecule has 0 unspecified atom stereocenters. The number of hydrogen-bond acceptors (Lipinski definition) is 7. The first-order valence-corrected chi connectivity index (χ1v) is 14.8. The smallest absolute Gasteiger partial charge is 0.277 e. The normalized spacial score (nSPS) is 12.0. The third-order valence-corrected chi connectivity index (χ3v) is 8.73. The maximum atomic E-state index is 14.1. The molecule has 0 bridgehead atoms. The zero-order chi connectivity index (χ0) is 29.7. The SMILES string of the molecule is CCCCc1nc(O)c(S(=O)(=O)c2ccc(-c3ccccc3C#N)cc2)c(=O)n1[C@H](c1cccc(C#N)c1)C(C)C. The van der Waals surface area contributed by atoms with Crippen LogP contribution < -0.4 is 5.56 Å². The molecule has 0 aliphatic heterocycles. The van der Waals surface area contributed by atoms with Gasteiger partial charge in [-0.05, 0) is 59.4 Å². The monoisotopic (exact) mass is 566 g/mol. The van der Waals surface area contributed by atoms with Crippen molar-refractivity contribution in [3.8, 4) is 29.1 Å². The highest BCUT2D eigenvalue weighted by molar-refractivity contribution is 7.91. The average Bonchev–Trinajstić information content (AvgIpc) is 2.97. The lowest BCUT2D eigenvalue weighted by molar-refractivity contribution is 0.374. The molecular weight excluding hydrogens is 536 g/mol. The first-order chi connectivity index (χ1) is 19.6. The number of nitriles is 2. The Kier molecular flexibility index (Phi) is 8.71. The molecule has 0 aliphatic rings. The zero-order valence-corrected chi connectivity index (χ0v) is 23.9. The molecule has 1 aromatic heterocycles. The van der Waals surface area contributed by atoms with Crippen LogP contribution >= 0.6 is 0 Å². The molecule has 4 aromatic rings. The molecule has 0 saturated heterocycles. The molecule has 0 saturated carbocycles. The molecule has 1 heterocycles. The van der Waals surface area contributed by atoms with Gasteiger partial charge in [0.1, 0.15) is 5.82 Å². The Morgan fingerprint density at radius 3 is 2.32 bits per heavy atom. The Morgan fingerprint density at radius 2 is 1.68 bits per heavy atom. The summed E-state index contributed by atoms with van der Waals surface area (Å²) in [7, 11) is -4.49. The zero-order valence-electron chi connectivity index (χ0n) is 23.1. The van der Waals surface area contributed by atoms with Gasteiger partial charge >= 0.3 is 0 Å². The Bertz CT molecular complexity index is 1830. The number of sulfone groups is 1. The Balaban J connectivity index is 1.91. The maximum Gasteiger partial charge on any atom is 0.277 e. The predicted molar refractivity (Wildman–Crippen MR) is 155 cm³/mol. The fraction of sp³-hybridized carbons (Fsp3) is 0.250. The van der Waals surface area contributed by atoms with Gasteiger partial charge < -0.3 is 5.11 Å². The molecule has 4 rings (SSSR count). The number of aromatic nitrogens is 2. The van der Waals surface area contributed by atoms with Crippen LogP contribution in [0.15, 0.2) is 87.4 Å². The third-order valence-electron chi connectivity index (χ3n) is 6.94. The number of hydrogen-bond donors (Lipinski definition) is 1. The molecular formula is C32H30N4O4S. The second-order valence-electron chi connectivity index (χ2n) is 10.1. The molecule has 8 nitrogen and oxygen atoms in total. The fourth-order valence-electron chi connectivity index (χ4n) is 4.97. The van der Waals surface area contributed by atoms with E-state index in [4.69, 9.17) is 0 Å². The Labute approximate surface area is 239 Å². The first kappa shape index (κ1) is 29.3. The maximum absolute atomic E-state index is 14.1. The van der Waals surface area contributed by atoms with Gasteiger partial charge in [0.15, 0.2) is 4.90 Å². The van der Waals surface area contributed by atoms with Crippen LogP contribution in [-0.4, -0.2) is 23.1 Å². The van der Waals surface area contributed by atoms with Crippen molar-refractivity contribution in [2.24, 2.45) is 5.92 Å². The second-order valence-corrected chi connectivity index (χ2v) is 12.0. The summed E-state index contributed by atoms with van der Waals surface area (Å²) in [6, 6.07) is 23.2. The van der Waals surface area contributed by atoms with Crippen molar-refractivity contribution in [2.45, 2.75) is 55.9 Å². The van der Waals surface area contributed by atoms with Crippen molar-refractivity contribution in [1.82, 2.24) is 9.55 Å². The summed E-state index contributed by atoms with van der Waals surface area (Å²) in [6.07, 6.45) is 1.83. The van der Waals surface area contributed by atoms with E-state index in [1.165, 1.54) is 16.7 Å². The van der Waals surface area contributed by atoms with Gasteiger partial charge in [0, 0.05) is 6.42 Å². The molecule has 1 N–H and O–H groups in total. The van der Waals surface area contributed by atoms with E-state index in [1.807, 2.05) is 20.8 Å². The van der Waals surface area contributed by atoms with E-state index in [9.17, 15) is 28.8 Å². The van der Waals surface area contributed by atoms with E-state index >= 15 is 0 Å². The second kappa shape index (κ2) is 12.2. The quantitative estimate of drug-likeness (QED) is 0.271. The summed E-state index contributed by atoms with van der Waals surface area (Å²) in [5.74, 6) is -0.745. The van der Waals surface area contributed by atoms with Gasteiger partial charge in [0.25, 0.3) is 5.56 Å². The molecule has 0 spiro atoms. The van der Waals surface area contributed by atoms with E-state index in [-0.39, 0.29) is 16.6 Å². The lowest BCUT2D eigenvalue weighted by atomic mass is 9.94. The van der Waals surface area contributed by atoms with E-state index in [0.29, 0.717) is 40.7 Å². The van der Waals surface area contributed by atoms with Crippen molar-refractivity contribution in [2.75, 3.05) is 0 Å². The van der Waals surface area contributed by atoms with Gasteiger partial charge in [0.05, 0.1) is 34.2 Å². The minimum atomic E-state index is -4.49. The minimum Gasteiger partial charge on any atom is -0.492 e. The highest BCUT2D eigenvalue weighted by Crippen LogP contribution is 2.32. The summed E-state index contributed by atoms with van der Waals surface area (Å²) in [5, 5.41) is 29.8. The lowest BCUT2D eigenvalue weighted by Crippen LogP contribution is -2.35. The Morgan fingerprint density at radius 1 is 0.976 bits per heavy atom. The minimum absolute atomic E-state index is 0.177. The summed E-state index contributed by atoms with van der Waals surface area (Å²) >= 11 is 0. The van der Waals surface area contributed by atoms with Crippen LogP contribution in [0.25, 0.3) is 11.1 Å². The van der Waals surface area contributed by atoms with E-state index in [0.717, 1.165) is 6.42 Å². The standard InChI is InChI=1S/C32H30N4O4S/c1-4-5-13-28-35-31(37)30(32(38)36(28)29(21(2)3)24-11-8-9-22(18-24)19-33)41(39,40)26-16-14-23(15-17-26)27-12-7-6-10-25(27)20-34/h6-12,14-18,21,29,37H,4-5,13H2,1-3H3/t29-/m0/s1. The summed E-state index contributed by atoms with van der Waals surface area (Å²) in [5.41, 5.74) is 1.92. The van der Waals surface area contributed by atoms with Gasteiger partial charge in [-0.25, -0.2) is 8.42 Å². The number of nitrogens with zero attached hydrogens (tertiary/aromatic N) is 4. The van der Waals surface area contributed by atoms with Gasteiger partial charge in [-0.1, -0.05) is 69.7 Å². The number of benzene rings is 3. The summed E-state index contributed by atoms with van der Waals surface area (Å²) in [4.78, 5) is 17.4. The molecule has 9 heteroatoms. The number of unbranched alkanes of at least 4 members (excludes halogenated alkanes) is 1. The number of rotatable bonds is 9. The molecule has 3 aromatic carbocycles. The van der Waals surface area contributed by atoms with E-state index in [2.05, 4.69) is 17.1 Å². The van der Waals surface area contributed by atoms with Crippen LogP contribution in [0, 0.1) is 28.6 Å². The van der Waals surface area contributed by atoms with Crippen molar-refractivity contribution in [3.63, 3.8) is 0 Å². The summed E-state index contributed by atoms with van der Waals surface area (Å²) < 4.78 is 29.1. The van der Waals surface area contributed by atoms with Crippen LogP contribution in [0.3, 0.4) is 0 Å². The number of aromatic hydroxyl groups is 1. The van der Waals surface area contributed by atoms with Crippen molar-refractivity contribution < 1.29 is 13.5 Å².